The Hall–Kier alpha value is -3.44. The van der Waals surface area contributed by atoms with Crippen molar-refractivity contribution in [2.45, 2.75) is 24.8 Å². The topological polar surface area (TPSA) is 137 Å². The summed E-state index contributed by atoms with van der Waals surface area (Å²) in [5.74, 6) is -1.42. The first-order chi connectivity index (χ1) is 14.6. The molecule has 0 radical (unpaired) electrons. The molecule has 4 N–H and O–H groups in total. The Labute approximate surface area is 181 Å². The first-order valence-corrected chi connectivity index (χ1v) is 10.8. The molecule has 2 aromatic carbocycles. The summed E-state index contributed by atoms with van der Waals surface area (Å²) in [4.78, 5) is 36.1. The Morgan fingerprint density at radius 1 is 0.968 bits per heavy atom. The van der Waals surface area contributed by atoms with Crippen LogP contribution in [0.15, 0.2) is 59.5 Å². The number of para-hydroxylation sites is 1. The van der Waals surface area contributed by atoms with Crippen LogP contribution in [0.4, 0.5) is 10.5 Å². The molecule has 2 rings (SSSR count). The van der Waals surface area contributed by atoms with Crippen molar-refractivity contribution in [1.82, 2.24) is 20.5 Å². The molecule has 0 bridgehead atoms. The van der Waals surface area contributed by atoms with Crippen molar-refractivity contribution in [3.05, 3.63) is 60.2 Å². The van der Waals surface area contributed by atoms with E-state index in [1.54, 1.807) is 42.5 Å². The van der Waals surface area contributed by atoms with Gasteiger partial charge in [0.25, 0.3) is 11.8 Å². The van der Waals surface area contributed by atoms with Gasteiger partial charge in [0, 0.05) is 12.7 Å². The van der Waals surface area contributed by atoms with Crippen molar-refractivity contribution in [2.24, 2.45) is 0 Å². The molecule has 4 amide bonds. The molecule has 1 atom stereocenters. The monoisotopic (exact) mass is 447 g/mol. The number of likely N-dealkylation sites (N-methyl/N-ethyl adjacent to an activating group) is 1. The predicted molar refractivity (Wildman–Crippen MR) is 115 cm³/mol. The Morgan fingerprint density at radius 3 is 2.19 bits per heavy atom. The second kappa shape index (κ2) is 10.5. The number of nitrogens with one attached hydrogen (secondary N) is 4. The Morgan fingerprint density at radius 2 is 1.58 bits per heavy atom. The molecule has 0 aliphatic heterocycles. The molecule has 0 heterocycles. The number of rotatable bonds is 7. The van der Waals surface area contributed by atoms with Crippen molar-refractivity contribution in [2.75, 3.05) is 18.9 Å². The summed E-state index contributed by atoms with van der Waals surface area (Å²) in [7, 11) is -2.60. The molecule has 1 unspecified atom stereocenters. The minimum Gasteiger partial charge on any atom is -0.326 e. The van der Waals surface area contributed by atoms with E-state index < -0.39 is 40.5 Å². The summed E-state index contributed by atoms with van der Waals surface area (Å²) in [6, 6.07) is 13.3. The molecule has 166 valence electrons. The number of benzene rings is 2. The van der Waals surface area contributed by atoms with Gasteiger partial charge in [-0.2, -0.15) is 4.31 Å². The average molecular weight is 448 g/mol. The van der Waals surface area contributed by atoms with E-state index in [0.29, 0.717) is 5.69 Å². The van der Waals surface area contributed by atoms with E-state index >= 15 is 0 Å². The van der Waals surface area contributed by atoms with Crippen LogP contribution >= 0.6 is 0 Å². The number of hydrogen-bond donors (Lipinski definition) is 4. The summed E-state index contributed by atoms with van der Waals surface area (Å²) >= 11 is 0. The Balaban J connectivity index is 1.80. The van der Waals surface area contributed by atoms with Crippen LogP contribution in [-0.4, -0.2) is 50.2 Å². The van der Waals surface area contributed by atoms with Gasteiger partial charge in [0.05, 0.1) is 11.4 Å². The quantitative estimate of drug-likeness (QED) is 0.469. The van der Waals surface area contributed by atoms with Crippen LogP contribution < -0.4 is 21.5 Å². The van der Waals surface area contributed by atoms with Crippen LogP contribution in [0.3, 0.4) is 0 Å². The first-order valence-electron chi connectivity index (χ1n) is 9.34. The molecule has 0 fully saturated rings. The van der Waals surface area contributed by atoms with E-state index in [9.17, 15) is 22.8 Å². The number of amides is 4. The Kier molecular flexibility index (Phi) is 8.11. The van der Waals surface area contributed by atoms with Crippen LogP contribution in [0, 0.1) is 6.92 Å². The molecule has 2 aromatic rings. The number of anilines is 1. The number of aryl methyl sites for hydroxylation is 1. The van der Waals surface area contributed by atoms with Crippen LogP contribution in [0.25, 0.3) is 0 Å². The molecule has 0 aliphatic rings. The summed E-state index contributed by atoms with van der Waals surface area (Å²) in [6.07, 6.45) is 0. The highest BCUT2D eigenvalue weighted by Gasteiger charge is 2.23. The van der Waals surface area contributed by atoms with Crippen molar-refractivity contribution in [3.63, 3.8) is 0 Å². The van der Waals surface area contributed by atoms with Crippen LogP contribution in [0.5, 0.6) is 0 Å². The van der Waals surface area contributed by atoms with Gasteiger partial charge in [-0.1, -0.05) is 35.9 Å². The Bertz CT molecular complexity index is 1030. The highest BCUT2D eigenvalue weighted by atomic mass is 32.2. The normalized spacial score (nSPS) is 12.0. The molecule has 11 heteroatoms. The molecule has 0 saturated heterocycles. The van der Waals surface area contributed by atoms with Gasteiger partial charge < -0.3 is 10.6 Å². The molecule has 0 aromatic heterocycles. The van der Waals surface area contributed by atoms with Gasteiger partial charge in [-0.25, -0.2) is 13.2 Å². The van der Waals surface area contributed by atoms with E-state index in [-0.39, 0.29) is 4.90 Å². The summed E-state index contributed by atoms with van der Waals surface area (Å²) in [5, 5.41) is 4.99. The number of carbonyl (C=O) groups excluding carboxylic acids is 3. The van der Waals surface area contributed by atoms with Crippen LogP contribution in [-0.2, 0) is 19.6 Å². The fraction of sp³-hybridized carbons (Fsp3) is 0.250. The maximum Gasteiger partial charge on any atom is 0.319 e. The molecule has 0 spiro atoms. The molecule has 0 saturated carbocycles. The number of hydrazine groups is 1. The number of nitrogens with zero attached hydrogens (tertiary/aromatic N) is 1. The standard InChI is InChI=1S/C20H25N5O5S/c1-14-9-11-17(12-10-14)31(29,30)25(3)13-18(26)23-24-19(27)15(2)21-20(28)22-16-7-5-4-6-8-16/h4-12,15H,13H2,1-3H3,(H,23,26)(H,24,27)(H2,21,22,28). The summed E-state index contributed by atoms with van der Waals surface area (Å²) in [5.41, 5.74) is 5.75. The van der Waals surface area contributed by atoms with Crippen LogP contribution in [0.2, 0.25) is 0 Å². The van der Waals surface area contributed by atoms with Gasteiger partial charge in [-0.3, -0.25) is 20.4 Å². The first kappa shape index (κ1) is 23.8. The smallest absolute Gasteiger partial charge is 0.319 e. The molecular formula is C20H25N5O5S. The van der Waals surface area contributed by atoms with Gasteiger partial charge in [0.1, 0.15) is 6.04 Å². The molecule has 10 nitrogen and oxygen atoms in total. The lowest BCUT2D eigenvalue weighted by atomic mass is 10.2. The highest BCUT2D eigenvalue weighted by Crippen LogP contribution is 2.14. The lowest BCUT2D eigenvalue weighted by Crippen LogP contribution is -2.53. The van der Waals surface area contributed by atoms with Gasteiger partial charge in [0.2, 0.25) is 10.0 Å². The van der Waals surface area contributed by atoms with E-state index in [0.717, 1.165) is 9.87 Å². The fourth-order valence-corrected chi connectivity index (χ4v) is 3.53. The van der Waals surface area contributed by atoms with E-state index in [4.69, 9.17) is 0 Å². The summed E-state index contributed by atoms with van der Waals surface area (Å²) in [6.45, 7) is 2.75. The number of hydrogen-bond acceptors (Lipinski definition) is 5. The van der Waals surface area contributed by atoms with Crippen molar-refractivity contribution in [1.29, 1.82) is 0 Å². The minimum atomic E-state index is -3.86. The number of sulfonamides is 1. The van der Waals surface area contributed by atoms with Gasteiger partial charge in [-0.05, 0) is 38.1 Å². The number of urea groups is 1. The highest BCUT2D eigenvalue weighted by molar-refractivity contribution is 7.89. The minimum absolute atomic E-state index is 0.0553. The lowest BCUT2D eigenvalue weighted by Gasteiger charge is -2.18. The van der Waals surface area contributed by atoms with Crippen molar-refractivity contribution >= 4 is 33.6 Å². The zero-order valence-electron chi connectivity index (χ0n) is 17.4. The van der Waals surface area contributed by atoms with E-state index in [1.807, 2.05) is 6.92 Å². The van der Waals surface area contributed by atoms with E-state index in [1.165, 1.54) is 26.1 Å². The zero-order valence-corrected chi connectivity index (χ0v) is 18.2. The summed E-state index contributed by atoms with van der Waals surface area (Å²) < 4.78 is 25.9. The van der Waals surface area contributed by atoms with E-state index in [2.05, 4.69) is 21.5 Å². The van der Waals surface area contributed by atoms with Gasteiger partial charge in [-0.15, -0.1) is 0 Å². The lowest BCUT2D eigenvalue weighted by molar-refractivity contribution is -0.129. The SMILES string of the molecule is Cc1ccc(S(=O)(=O)N(C)CC(=O)NNC(=O)C(C)NC(=O)Nc2ccccc2)cc1. The van der Waals surface area contributed by atoms with Gasteiger partial charge in [0.15, 0.2) is 0 Å². The third kappa shape index (κ3) is 7.08. The maximum absolute atomic E-state index is 12.5. The number of carbonyl (C=O) groups is 3. The maximum atomic E-state index is 12.5. The second-order valence-electron chi connectivity index (χ2n) is 6.80. The molecular weight excluding hydrogens is 422 g/mol. The third-order valence-corrected chi connectivity index (χ3v) is 6.01. The molecule has 31 heavy (non-hydrogen) atoms. The average Bonchev–Trinajstić information content (AvgIpc) is 2.72. The zero-order chi connectivity index (χ0) is 23.0. The third-order valence-electron chi connectivity index (χ3n) is 4.19. The van der Waals surface area contributed by atoms with Crippen molar-refractivity contribution < 1.29 is 22.8 Å². The second-order valence-corrected chi connectivity index (χ2v) is 8.84. The largest absolute Gasteiger partial charge is 0.326 e. The fourth-order valence-electron chi connectivity index (χ4n) is 2.41. The van der Waals surface area contributed by atoms with Crippen LogP contribution in [0.1, 0.15) is 12.5 Å². The predicted octanol–water partition coefficient (Wildman–Crippen LogP) is 0.973. The van der Waals surface area contributed by atoms with Gasteiger partial charge >= 0.3 is 6.03 Å². The van der Waals surface area contributed by atoms with Crippen molar-refractivity contribution in [3.8, 4) is 0 Å². The molecule has 0 aliphatic carbocycles.